The van der Waals surface area contributed by atoms with Gasteiger partial charge in [-0.1, -0.05) is 0 Å². The van der Waals surface area contributed by atoms with E-state index in [0.717, 1.165) is 6.26 Å². The monoisotopic (exact) mass is 231 g/mol. The summed E-state index contributed by atoms with van der Waals surface area (Å²) in [6.45, 7) is -0.206. The van der Waals surface area contributed by atoms with Crippen LogP contribution in [0.4, 0.5) is 0 Å². The topological polar surface area (TPSA) is 76.0 Å². The number of sulfonamides is 1. The van der Waals surface area contributed by atoms with E-state index in [1.165, 1.54) is 19.3 Å². The first-order valence-corrected chi connectivity index (χ1v) is 6.10. The lowest BCUT2D eigenvalue weighted by atomic mass is 9.98. The van der Waals surface area contributed by atoms with Gasteiger partial charge < -0.3 is 9.84 Å². The van der Waals surface area contributed by atoms with Crippen LogP contribution < -0.4 is 0 Å². The van der Waals surface area contributed by atoms with Crippen molar-refractivity contribution in [2.24, 2.45) is 4.40 Å². The number of methoxy groups -OCH3 is 1. The summed E-state index contributed by atoms with van der Waals surface area (Å²) < 4.78 is 30.3. The quantitative estimate of drug-likeness (QED) is 0.735. The highest BCUT2D eigenvalue weighted by molar-refractivity contribution is 7.89. The van der Waals surface area contributed by atoms with Crippen LogP contribution >= 0.6 is 0 Å². The van der Waals surface area contributed by atoms with Gasteiger partial charge in [-0.05, 0) is 24.3 Å². The number of nitrogens with zero attached hydrogens (tertiary/aromatic N) is 1. The second kappa shape index (κ2) is 4.26. The third kappa shape index (κ3) is 3.26. The molecular weight excluding hydrogens is 218 g/mol. The van der Waals surface area contributed by atoms with Crippen LogP contribution in [0.25, 0.3) is 0 Å². The number of allylic oxidation sites excluding steroid dienone is 2. The Morgan fingerprint density at radius 2 is 2.00 bits per heavy atom. The molecule has 1 aliphatic carbocycles. The molecule has 0 heterocycles. The number of hydrogen-bond acceptors (Lipinski definition) is 4. The van der Waals surface area contributed by atoms with Crippen LogP contribution in [0.15, 0.2) is 28.7 Å². The van der Waals surface area contributed by atoms with Gasteiger partial charge in [0.15, 0.2) is 0 Å². The molecule has 0 aromatic carbocycles. The minimum absolute atomic E-state index is 0.206. The van der Waals surface area contributed by atoms with Gasteiger partial charge in [-0.15, -0.1) is 0 Å². The molecule has 1 aliphatic rings. The molecule has 0 aliphatic heterocycles. The fourth-order valence-corrected chi connectivity index (χ4v) is 1.63. The van der Waals surface area contributed by atoms with Crippen molar-refractivity contribution in [3.05, 3.63) is 24.3 Å². The lowest BCUT2D eigenvalue weighted by molar-refractivity contribution is 0.0226. The number of ether oxygens (including phenoxy) is 1. The maximum Gasteiger partial charge on any atom is 0.250 e. The lowest BCUT2D eigenvalue weighted by Gasteiger charge is -2.25. The Kier molecular flexibility index (Phi) is 3.43. The van der Waals surface area contributed by atoms with Gasteiger partial charge in [-0.3, -0.25) is 0 Å². The minimum Gasteiger partial charge on any atom is -0.393 e. The number of rotatable bonds is 3. The molecule has 84 valence electrons. The van der Waals surface area contributed by atoms with E-state index in [1.807, 2.05) is 0 Å². The molecule has 0 aromatic heterocycles. The van der Waals surface area contributed by atoms with Gasteiger partial charge in [0.1, 0.15) is 5.60 Å². The van der Waals surface area contributed by atoms with Crippen molar-refractivity contribution < 1.29 is 18.3 Å². The van der Waals surface area contributed by atoms with E-state index in [9.17, 15) is 8.42 Å². The Balaban J connectivity index is 2.94. The SMILES string of the molecule is COC1(CO)C=CC(=NS(C)(=O)=O)C=C1. The summed E-state index contributed by atoms with van der Waals surface area (Å²) in [7, 11) is -1.93. The predicted molar refractivity (Wildman–Crippen MR) is 57.4 cm³/mol. The zero-order valence-electron chi connectivity index (χ0n) is 8.54. The molecule has 0 atom stereocenters. The first-order valence-electron chi connectivity index (χ1n) is 4.25. The highest BCUT2D eigenvalue weighted by atomic mass is 32.2. The van der Waals surface area contributed by atoms with E-state index in [4.69, 9.17) is 9.84 Å². The average molecular weight is 231 g/mol. The normalized spacial score (nSPS) is 25.7. The fraction of sp³-hybridized carbons (Fsp3) is 0.444. The van der Waals surface area contributed by atoms with Crippen molar-refractivity contribution in [2.45, 2.75) is 5.60 Å². The molecule has 0 radical (unpaired) electrons. The van der Waals surface area contributed by atoms with Crippen molar-refractivity contribution in [1.29, 1.82) is 0 Å². The zero-order chi connectivity index (χ0) is 11.5. The molecule has 0 amide bonds. The summed E-state index contributed by atoms with van der Waals surface area (Å²) in [5, 5.41) is 9.07. The molecule has 0 spiro atoms. The van der Waals surface area contributed by atoms with Crippen molar-refractivity contribution in [3.63, 3.8) is 0 Å². The Hall–Kier alpha value is -0.980. The van der Waals surface area contributed by atoms with E-state index >= 15 is 0 Å². The first-order chi connectivity index (χ1) is 6.91. The van der Waals surface area contributed by atoms with Crippen molar-refractivity contribution in [1.82, 2.24) is 0 Å². The maximum absolute atomic E-state index is 10.9. The van der Waals surface area contributed by atoms with E-state index in [1.54, 1.807) is 12.2 Å². The largest absolute Gasteiger partial charge is 0.393 e. The Morgan fingerprint density at radius 3 is 2.33 bits per heavy atom. The van der Waals surface area contributed by atoms with E-state index in [2.05, 4.69) is 4.40 Å². The fourth-order valence-electron chi connectivity index (χ4n) is 1.12. The average Bonchev–Trinajstić information content (AvgIpc) is 2.17. The van der Waals surface area contributed by atoms with Gasteiger partial charge in [0.05, 0.1) is 18.6 Å². The van der Waals surface area contributed by atoms with Crippen LogP contribution in [0.2, 0.25) is 0 Å². The standard InChI is InChI=1S/C9H13NO4S/c1-14-9(7-11)5-3-8(4-6-9)10-15(2,12)13/h3-6,11H,7H2,1-2H3. The van der Waals surface area contributed by atoms with Gasteiger partial charge >= 0.3 is 0 Å². The first kappa shape index (κ1) is 12.1. The highest BCUT2D eigenvalue weighted by Gasteiger charge is 2.24. The summed E-state index contributed by atoms with van der Waals surface area (Å²) in [4.78, 5) is 0. The summed E-state index contributed by atoms with van der Waals surface area (Å²) in [5.41, 5.74) is -0.546. The van der Waals surface area contributed by atoms with E-state index < -0.39 is 15.6 Å². The molecular formula is C9H13NO4S. The molecule has 5 nitrogen and oxygen atoms in total. The van der Waals surface area contributed by atoms with Gasteiger partial charge in [0, 0.05) is 7.11 Å². The summed E-state index contributed by atoms with van der Waals surface area (Å²) >= 11 is 0. The summed E-state index contributed by atoms with van der Waals surface area (Å²) in [6, 6.07) is 0. The molecule has 0 saturated carbocycles. The molecule has 1 rings (SSSR count). The maximum atomic E-state index is 10.9. The van der Waals surface area contributed by atoms with Crippen molar-refractivity contribution in [2.75, 3.05) is 20.0 Å². The van der Waals surface area contributed by atoms with Crippen LogP contribution in [0.1, 0.15) is 0 Å². The molecule has 0 aromatic rings. The second-order valence-corrected chi connectivity index (χ2v) is 4.88. The number of hydrogen-bond donors (Lipinski definition) is 1. The van der Waals surface area contributed by atoms with Gasteiger partial charge in [-0.25, -0.2) is 8.42 Å². The van der Waals surface area contributed by atoms with Crippen LogP contribution in [0.3, 0.4) is 0 Å². The van der Waals surface area contributed by atoms with E-state index in [-0.39, 0.29) is 6.61 Å². The minimum atomic E-state index is -3.39. The molecule has 1 N–H and O–H groups in total. The molecule has 0 bridgehead atoms. The van der Waals surface area contributed by atoms with Gasteiger partial charge in [0.25, 0.3) is 10.0 Å². The molecule has 6 heteroatoms. The van der Waals surface area contributed by atoms with Crippen LogP contribution in [-0.2, 0) is 14.8 Å². The molecule has 15 heavy (non-hydrogen) atoms. The van der Waals surface area contributed by atoms with E-state index in [0.29, 0.717) is 5.71 Å². The third-order valence-corrected chi connectivity index (χ3v) is 2.51. The smallest absolute Gasteiger partial charge is 0.250 e. The van der Waals surface area contributed by atoms with Crippen LogP contribution in [0, 0.1) is 0 Å². The summed E-state index contributed by atoms with van der Waals surface area (Å²) in [5.74, 6) is 0. The van der Waals surface area contributed by atoms with Crippen molar-refractivity contribution in [3.8, 4) is 0 Å². The zero-order valence-corrected chi connectivity index (χ0v) is 9.36. The van der Waals surface area contributed by atoms with Gasteiger partial charge in [0.2, 0.25) is 0 Å². The number of aliphatic hydroxyl groups is 1. The number of aliphatic hydroxyl groups excluding tert-OH is 1. The lowest BCUT2D eigenvalue weighted by Crippen LogP contribution is -2.32. The molecule has 0 saturated heterocycles. The Labute approximate surface area is 88.8 Å². The Bertz CT molecular complexity index is 397. The third-order valence-electron chi connectivity index (χ3n) is 1.97. The van der Waals surface area contributed by atoms with Crippen LogP contribution in [0.5, 0.6) is 0 Å². The highest BCUT2D eigenvalue weighted by Crippen LogP contribution is 2.17. The predicted octanol–water partition coefficient (Wildman–Crippen LogP) is -0.109. The Morgan fingerprint density at radius 1 is 1.47 bits per heavy atom. The molecule has 0 fully saturated rings. The van der Waals surface area contributed by atoms with Crippen LogP contribution in [-0.4, -0.2) is 44.8 Å². The molecule has 0 unspecified atom stereocenters. The van der Waals surface area contributed by atoms with Gasteiger partial charge in [-0.2, -0.15) is 4.40 Å². The second-order valence-electron chi connectivity index (χ2n) is 3.23. The van der Waals surface area contributed by atoms with Crippen molar-refractivity contribution >= 4 is 15.7 Å². The summed E-state index contributed by atoms with van der Waals surface area (Å²) in [6.07, 6.45) is 7.15.